The molecule has 2 N–H and O–H groups in total. The molecule has 22 heavy (non-hydrogen) atoms. The van der Waals surface area contributed by atoms with Crippen LogP contribution in [0.15, 0.2) is 28.9 Å². The van der Waals surface area contributed by atoms with Crippen molar-refractivity contribution in [3.8, 4) is 0 Å². The van der Waals surface area contributed by atoms with Crippen molar-refractivity contribution in [2.24, 2.45) is 0 Å². The zero-order valence-electron chi connectivity index (χ0n) is 11.9. The molecule has 2 aromatic heterocycles. The number of nitrogens with zero attached hydrogens (tertiary/aromatic N) is 3. The highest BCUT2D eigenvalue weighted by atomic mass is 16.5. The van der Waals surface area contributed by atoms with Crippen LogP contribution in [0.25, 0.3) is 10.9 Å². The van der Waals surface area contributed by atoms with Crippen molar-refractivity contribution in [3.63, 3.8) is 0 Å². The van der Waals surface area contributed by atoms with Crippen molar-refractivity contribution in [3.05, 3.63) is 36.1 Å². The summed E-state index contributed by atoms with van der Waals surface area (Å²) in [5, 5.41) is 14.6. The second-order valence-corrected chi connectivity index (χ2v) is 5.54. The van der Waals surface area contributed by atoms with Gasteiger partial charge in [0.2, 0.25) is 11.8 Å². The highest BCUT2D eigenvalue weighted by Gasteiger charge is 2.28. The molecule has 1 amide bonds. The molecule has 0 radical (unpaired) electrons. The number of hydrogen-bond donors (Lipinski definition) is 2. The van der Waals surface area contributed by atoms with Gasteiger partial charge < -0.3 is 9.84 Å². The first-order valence-electron chi connectivity index (χ1n) is 7.33. The van der Waals surface area contributed by atoms with Crippen molar-refractivity contribution in [2.75, 3.05) is 5.32 Å². The first-order valence-corrected chi connectivity index (χ1v) is 7.33. The predicted molar refractivity (Wildman–Crippen MR) is 79.3 cm³/mol. The van der Waals surface area contributed by atoms with Gasteiger partial charge in [-0.2, -0.15) is 10.1 Å². The van der Waals surface area contributed by atoms with Crippen LogP contribution in [0.1, 0.15) is 36.9 Å². The second kappa shape index (κ2) is 5.25. The van der Waals surface area contributed by atoms with Gasteiger partial charge in [0.15, 0.2) is 5.82 Å². The van der Waals surface area contributed by atoms with Crippen molar-refractivity contribution < 1.29 is 9.32 Å². The van der Waals surface area contributed by atoms with E-state index in [-0.39, 0.29) is 5.91 Å². The number of aromatic nitrogens is 4. The molecule has 0 spiro atoms. The summed E-state index contributed by atoms with van der Waals surface area (Å²) in [6.45, 7) is 0. The van der Waals surface area contributed by atoms with Gasteiger partial charge in [0.05, 0.1) is 11.7 Å². The summed E-state index contributed by atoms with van der Waals surface area (Å²) in [7, 11) is 0. The summed E-state index contributed by atoms with van der Waals surface area (Å²) in [6.07, 6.45) is 4.77. The molecule has 7 heteroatoms. The van der Waals surface area contributed by atoms with Crippen LogP contribution in [0.2, 0.25) is 0 Å². The van der Waals surface area contributed by atoms with Gasteiger partial charge in [0, 0.05) is 29.8 Å². The van der Waals surface area contributed by atoms with Gasteiger partial charge in [-0.15, -0.1) is 0 Å². The Bertz CT molecular complexity index is 818. The number of anilines is 1. The van der Waals surface area contributed by atoms with E-state index in [9.17, 15) is 4.79 Å². The predicted octanol–water partition coefficient (Wildman–Crippen LogP) is 2.39. The Morgan fingerprint density at radius 1 is 1.41 bits per heavy atom. The van der Waals surface area contributed by atoms with E-state index in [0.29, 0.717) is 24.7 Å². The Hall–Kier alpha value is -2.70. The largest absolute Gasteiger partial charge is 0.339 e. The molecule has 7 nitrogen and oxygen atoms in total. The molecule has 2 heterocycles. The fraction of sp³-hybridized carbons (Fsp3) is 0.333. The quantitative estimate of drug-likeness (QED) is 0.753. The maximum absolute atomic E-state index is 12.0. The molecule has 112 valence electrons. The summed E-state index contributed by atoms with van der Waals surface area (Å²) in [5.74, 6) is 1.70. The van der Waals surface area contributed by atoms with Crippen LogP contribution < -0.4 is 5.32 Å². The molecule has 1 aromatic carbocycles. The molecule has 1 aliphatic carbocycles. The molecule has 0 saturated heterocycles. The Balaban J connectivity index is 1.35. The Labute approximate surface area is 126 Å². The van der Waals surface area contributed by atoms with Gasteiger partial charge in [0.25, 0.3) is 0 Å². The van der Waals surface area contributed by atoms with Crippen LogP contribution in [-0.2, 0) is 11.2 Å². The third kappa shape index (κ3) is 2.69. The number of H-pyrrole nitrogens is 1. The number of benzene rings is 1. The van der Waals surface area contributed by atoms with Crippen molar-refractivity contribution in [1.82, 2.24) is 20.3 Å². The monoisotopic (exact) mass is 297 g/mol. The lowest BCUT2D eigenvalue weighted by molar-refractivity contribution is -0.116. The highest BCUT2D eigenvalue weighted by Crippen LogP contribution is 2.38. The molecule has 3 aromatic rings. The van der Waals surface area contributed by atoms with Gasteiger partial charge in [-0.05, 0) is 31.0 Å². The molecular formula is C15H15N5O2. The van der Waals surface area contributed by atoms with E-state index in [1.165, 1.54) is 0 Å². The number of carbonyl (C=O) groups is 1. The standard InChI is InChI=1S/C15H15N5O2/c21-13(5-6-14-18-15(20-22-14)9-1-2-9)17-11-3-4-12-10(7-11)8-16-19-12/h3-4,7-9H,1-2,5-6H2,(H,16,19)(H,17,21). The number of carbonyl (C=O) groups excluding carboxylic acids is 1. The van der Waals surface area contributed by atoms with E-state index in [4.69, 9.17) is 4.52 Å². The Kier molecular flexibility index (Phi) is 3.10. The number of hydrogen-bond acceptors (Lipinski definition) is 5. The number of fused-ring (bicyclic) bond motifs is 1. The molecule has 4 rings (SSSR count). The van der Waals surface area contributed by atoms with Gasteiger partial charge >= 0.3 is 0 Å². The number of rotatable bonds is 5. The van der Waals surface area contributed by atoms with E-state index in [2.05, 4.69) is 25.7 Å². The highest BCUT2D eigenvalue weighted by molar-refractivity contribution is 5.93. The normalized spacial score (nSPS) is 14.4. The molecule has 0 unspecified atom stereocenters. The zero-order valence-corrected chi connectivity index (χ0v) is 11.9. The average molecular weight is 297 g/mol. The Morgan fingerprint density at radius 2 is 2.32 bits per heavy atom. The van der Waals surface area contributed by atoms with Crippen LogP contribution in [0, 0.1) is 0 Å². The van der Waals surface area contributed by atoms with E-state index in [0.717, 1.165) is 35.3 Å². The molecule has 0 bridgehead atoms. The summed E-state index contributed by atoms with van der Waals surface area (Å²) in [5.41, 5.74) is 1.69. The number of aromatic amines is 1. The molecular weight excluding hydrogens is 282 g/mol. The van der Waals surface area contributed by atoms with Crippen molar-refractivity contribution in [2.45, 2.75) is 31.6 Å². The van der Waals surface area contributed by atoms with Crippen LogP contribution >= 0.6 is 0 Å². The topological polar surface area (TPSA) is 96.7 Å². The minimum Gasteiger partial charge on any atom is -0.339 e. The van der Waals surface area contributed by atoms with Crippen molar-refractivity contribution in [1.29, 1.82) is 0 Å². The first-order chi connectivity index (χ1) is 10.8. The second-order valence-electron chi connectivity index (χ2n) is 5.54. The van der Waals surface area contributed by atoms with Crippen LogP contribution in [0.3, 0.4) is 0 Å². The molecule has 0 atom stereocenters. The van der Waals surface area contributed by atoms with Crippen molar-refractivity contribution >= 4 is 22.5 Å². The molecule has 1 aliphatic rings. The maximum Gasteiger partial charge on any atom is 0.227 e. The van der Waals surface area contributed by atoms with Gasteiger partial charge in [0.1, 0.15) is 0 Å². The number of nitrogens with one attached hydrogen (secondary N) is 2. The van der Waals surface area contributed by atoms with Gasteiger partial charge in [-0.25, -0.2) is 0 Å². The third-order valence-corrected chi connectivity index (χ3v) is 3.72. The fourth-order valence-electron chi connectivity index (χ4n) is 2.34. The average Bonchev–Trinajstić information content (AvgIpc) is 3.08. The third-order valence-electron chi connectivity index (χ3n) is 3.72. The summed E-state index contributed by atoms with van der Waals surface area (Å²) < 4.78 is 5.16. The first kappa shape index (κ1) is 13.0. The lowest BCUT2D eigenvalue weighted by atomic mass is 10.2. The summed E-state index contributed by atoms with van der Waals surface area (Å²) >= 11 is 0. The van der Waals surface area contributed by atoms with Gasteiger partial charge in [-0.1, -0.05) is 5.16 Å². The van der Waals surface area contributed by atoms with E-state index in [1.54, 1.807) is 6.20 Å². The molecule has 0 aliphatic heterocycles. The zero-order chi connectivity index (χ0) is 14.9. The fourth-order valence-corrected chi connectivity index (χ4v) is 2.34. The van der Waals surface area contributed by atoms with Crippen LogP contribution in [-0.4, -0.2) is 26.2 Å². The van der Waals surface area contributed by atoms with E-state index in [1.807, 2.05) is 18.2 Å². The van der Waals surface area contributed by atoms with Crippen LogP contribution in [0.5, 0.6) is 0 Å². The van der Waals surface area contributed by atoms with E-state index >= 15 is 0 Å². The summed E-state index contributed by atoms with van der Waals surface area (Å²) in [6, 6.07) is 5.61. The molecule has 1 fully saturated rings. The maximum atomic E-state index is 12.0. The lowest BCUT2D eigenvalue weighted by Gasteiger charge is -2.04. The van der Waals surface area contributed by atoms with E-state index < -0.39 is 0 Å². The smallest absolute Gasteiger partial charge is 0.227 e. The van der Waals surface area contributed by atoms with Gasteiger partial charge in [-0.3, -0.25) is 9.89 Å². The number of amides is 1. The number of aryl methyl sites for hydroxylation is 1. The lowest BCUT2D eigenvalue weighted by Crippen LogP contribution is -2.12. The minimum atomic E-state index is -0.0750. The minimum absolute atomic E-state index is 0.0750. The SMILES string of the molecule is O=C(CCc1nc(C2CC2)no1)Nc1ccc2[nH]ncc2c1. The molecule has 1 saturated carbocycles. The van der Waals surface area contributed by atoms with Crippen LogP contribution in [0.4, 0.5) is 5.69 Å². The Morgan fingerprint density at radius 3 is 3.18 bits per heavy atom. The summed E-state index contributed by atoms with van der Waals surface area (Å²) in [4.78, 5) is 16.3.